The van der Waals surface area contributed by atoms with Crippen molar-refractivity contribution in [3.05, 3.63) is 120 Å². The second-order valence-corrected chi connectivity index (χ2v) is 11.5. The van der Waals surface area contributed by atoms with E-state index < -0.39 is 5.54 Å². The SMILES string of the molecule is NC(=O)C12CC3C(C=N1)C(C2)C(Cc1ccccc1)(Cc1ccccc1)N3Cc1cccc2ccccc12. The van der Waals surface area contributed by atoms with Crippen LogP contribution in [0.4, 0.5) is 0 Å². The molecule has 0 aromatic heterocycles. The fraction of sp³-hybridized carbons (Fsp3) is 0.294. The van der Waals surface area contributed by atoms with Crippen LogP contribution in [-0.2, 0) is 24.2 Å². The largest absolute Gasteiger partial charge is 0.368 e. The van der Waals surface area contributed by atoms with E-state index in [4.69, 9.17) is 10.7 Å². The first kappa shape index (κ1) is 23.4. The van der Waals surface area contributed by atoms with Gasteiger partial charge in [0.05, 0.1) is 0 Å². The Hall–Kier alpha value is -3.76. The second-order valence-electron chi connectivity index (χ2n) is 11.5. The first-order valence-corrected chi connectivity index (χ1v) is 13.7. The molecule has 4 atom stereocenters. The van der Waals surface area contributed by atoms with E-state index in [1.165, 1.54) is 27.5 Å². The molecule has 4 nitrogen and oxygen atoms in total. The van der Waals surface area contributed by atoms with Crippen LogP contribution in [0.1, 0.15) is 29.5 Å². The van der Waals surface area contributed by atoms with Gasteiger partial charge in [0.15, 0.2) is 0 Å². The first-order valence-electron chi connectivity index (χ1n) is 13.7. The summed E-state index contributed by atoms with van der Waals surface area (Å²) in [6.45, 7) is 0.835. The van der Waals surface area contributed by atoms with Gasteiger partial charge < -0.3 is 5.73 Å². The van der Waals surface area contributed by atoms with Gasteiger partial charge in [0.25, 0.3) is 0 Å². The lowest BCUT2D eigenvalue weighted by Gasteiger charge is -2.46. The Morgan fingerprint density at radius 1 is 0.816 bits per heavy atom. The number of fused-ring (bicyclic) bond motifs is 1. The van der Waals surface area contributed by atoms with E-state index >= 15 is 0 Å². The summed E-state index contributed by atoms with van der Waals surface area (Å²) in [5.74, 6) is 0.336. The monoisotopic (exact) mass is 499 g/mol. The Labute approximate surface area is 224 Å². The smallest absolute Gasteiger partial charge is 0.245 e. The molecule has 3 heterocycles. The van der Waals surface area contributed by atoms with E-state index in [0.717, 1.165) is 25.8 Å². The molecule has 8 rings (SSSR count). The summed E-state index contributed by atoms with van der Waals surface area (Å²) in [6.07, 6.45) is 5.38. The zero-order chi connectivity index (χ0) is 25.7. The van der Waals surface area contributed by atoms with Gasteiger partial charge >= 0.3 is 0 Å². The van der Waals surface area contributed by atoms with Gasteiger partial charge in [-0.2, -0.15) is 0 Å². The second kappa shape index (κ2) is 8.92. The fourth-order valence-electron chi connectivity index (χ4n) is 7.86. The van der Waals surface area contributed by atoms with E-state index in [1.54, 1.807) is 0 Å². The molecule has 2 fully saturated rings. The number of amides is 1. The Kier molecular flexibility index (Phi) is 5.48. The molecule has 4 aromatic rings. The average molecular weight is 500 g/mol. The average Bonchev–Trinajstić information content (AvgIpc) is 3.13. The molecular weight excluding hydrogens is 466 g/mol. The highest BCUT2D eigenvalue weighted by atomic mass is 16.1. The molecule has 4 unspecified atom stereocenters. The highest BCUT2D eigenvalue weighted by Gasteiger charge is 2.66. The molecule has 2 N–H and O–H groups in total. The van der Waals surface area contributed by atoms with Crippen molar-refractivity contribution in [1.82, 2.24) is 4.90 Å². The van der Waals surface area contributed by atoms with Crippen molar-refractivity contribution in [2.24, 2.45) is 22.6 Å². The maximum atomic E-state index is 12.9. The summed E-state index contributed by atoms with van der Waals surface area (Å²) in [5.41, 5.74) is 9.12. The van der Waals surface area contributed by atoms with Crippen LogP contribution in [0.3, 0.4) is 0 Å². The van der Waals surface area contributed by atoms with Crippen LogP contribution in [-0.4, -0.2) is 34.1 Å². The topological polar surface area (TPSA) is 58.7 Å². The number of aliphatic imine (C=N–C) groups is 1. The normalized spacial score (nSPS) is 27.1. The minimum absolute atomic E-state index is 0.168. The standard InChI is InChI=1S/C34H33N3O/c35-32(38)33-20-30-29(22-36-33)31(21-33)37(23-27-16-9-15-26-14-7-8-17-28(26)27)34(30,18-24-10-3-1-4-11-24)19-25-12-5-2-6-13-25/h1-17,22,29-31H,18-21,23H2,(H2,35,38). The van der Waals surface area contributed by atoms with Crippen molar-refractivity contribution in [3.8, 4) is 0 Å². The summed E-state index contributed by atoms with van der Waals surface area (Å²) in [4.78, 5) is 20.5. The molecule has 4 aliphatic rings. The maximum absolute atomic E-state index is 12.9. The molecule has 1 saturated carbocycles. The van der Waals surface area contributed by atoms with Gasteiger partial charge in [-0.3, -0.25) is 14.7 Å². The van der Waals surface area contributed by atoms with Crippen LogP contribution in [0.15, 0.2) is 108 Å². The number of likely N-dealkylation sites (tertiary alicyclic amines) is 1. The highest BCUT2D eigenvalue weighted by molar-refractivity contribution is 5.89. The number of rotatable bonds is 7. The zero-order valence-corrected chi connectivity index (χ0v) is 21.5. The molecule has 0 radical (unpaired) electrons. The third-order valence-electron chi connectivity index (χ3n) is 9.56. The fourth-order valence-corrected chi connectivity index (χ4v) is 7.86. The minimum Gasteiger partial charge on any atom is -0.368 e. The number of primary amides is 1. The number of hydrogen-bond acceptors (Lipinski definition) is 3. The molecule has 1 amide bonds. The van der Waals surface area contributed by atoms with Crippen LogP contribution >= 0.6 is 0 Å². The highest BCUT2D eigenvalue weighted by Crippen LogP contribution is 2.59. The van der Waals surface area contributed by atoms with Crippen molar-refractivity contribution in [1.29, 1.82) is 0 Å². The van der Waals surface area contributed by atoms with Gasteiger partial charge in [0.2, 0.25) is 5.91 Å². The molecule has 4 aromatic carbocycles. The summed E-state index contributed by atoms with van der Waals surface area (Å²) in [7, 11) is 0. The van der Waals surface area contributed by atoms with Crippen LogP contribution in [0.2, 0.25) is 0 Å². The van der Waals surface area contributed by atoms with Crippen molar-refractivity contribution in [2.75, 3.05) is 0 Å². The van der Waals surface area contributed by atoms with E-state index in [2.05, 4.69) is 114 Å². The number of nitrogens with zero attached hydrogens (tertiary/aromatic N) is 2. The number of nitrogens with two attached hydrogens (primary N) is 1. The molecule has 1 aliphatic carbocycles. The van der Waals surface area contributed by atoms with Gasteiger partial charge in [0.1, 0.15) is 5.54 Å². The molecule has 1 saturated heterocycles. The number of carbonyl (C=O) groups is 1. The quantitative estimate of drug-likeness (QED) is 0.361. The zero-order valence-electron chi connectivity index (χ0n) is 21.5. The molecule has 0 spiro atoms. The first-order chi connectivity index (χ1) is 18.6. The lowest BCUT2D eigenvalue weighted by Crippen LogP contribution is -2.56. The van der Waals surface area contributed by atoms with Crippen molar-refractivity contribution in [2.45, 2.75) is 49.3 Å². The van der Waals surface area contributed by atoms with E-state index in [0.29, 0.717) is 18.3 Å². The number of benzene rings is 4. The van der Waals surface area contributed by atoms with E-state index in [-0.39, 0.29) is 17.5 Å². The summed E-state index contributed by atoms with van der Waals surface area (Å²) < 4.78 is 0. The van der Waals surface area contributed by atoms with Crippen molar-refractivity contribution >= 4 is 22.9 Å². The Balaban J connectivity index is 1.41. The lowest BCUT2D eigenvalue weighted by atomic mass is 9.61. The molecular formula is C34H33N3O. The van der Waals surface area contributed by atoms with Crippen molar-refractivity contribution < 1.29 is 4.79 Å². The number of hydrogen-bond donors (Lipinski definition) is 1. The lowest BCUT2D eigenvalue weighted by molar-refractivity contribution is -0.125. The van der Waals surface area contributed by atoms with Gasteiger partial charge in [-0.1, -0.05) is 103 Å². The number of carbonyl (C=O) groups excluding carboxylic acids is 1. The molecule has 4 heteroatoms. The Morgan fingerprint density at radius 3 is 2.13 bits per heavy atom. The third-order valence-corrected chi connectivity index (χ3v) is 9.56. The summed E-state index contributed by atoms with van der Waals surface area (Å²) in [5, 5.41) is 2.56. The van der Waals surface area contributed by atoms with Crippen LogP contribution in [0, 0.1) is 11.8 Å². The third kappa shape index (κ3) is 3.62. The van der Waals surface area contributed by atoms with Crippen molar-refractivity contribution in [3.63, 3.8) is 0 Å². The summed E-state index contributed by atoms with van der Waals surface area (Å²) in [6, 6.07) is 37.3. The molecule has 190 valence electrons. The molecule has 4 bridgehead atoms. The Morgan fingerprint density at radius 2 is 1.45 bits per heavy atom. The molecule has 38 heavy (non-hydrogen) atoms. The Bertz CT molecular complexity index is 1470. The predicted octanol–water partition coefficient (Wildman–Crippen LogP) is 5.58. The minimum atomic E-state index is -0.795. The predicted molar refractivity (Wildman–Crippen MR) is 153 cm³/mol. The van der Waals surface area contributed by atoms with Gasteiger partial charge in [-0.05, 0) is 59.1 Å². The van der Waals surface area contributed by atoms with Gasteiger partial charge in [0, 0.05) is 30.3 Å². The van der Waals surface area contributed by atoms with E-state index in [1.807, 2.05) is 0 Å². The van der Waals surface area contributed by atoms with Crippen LogP contribution in [0.5, 0.6) is 0 Å². The summed E-state index contributed by atoms with van der Waals surface area (Å²) >= 11 is 0. The van der Waals surface area contributed by atoms with Crippen LogP contribution < -0.4 is 5.73 Å². The maximum Gasteiger partial charge on any atom is 0.245 e. The van der Waals surface area contributed by atoms with Gasteiger partial charge in [-0.25, -0.2) is 0 Å². The van der Waals surface area contributed by atoms with Crippen LogP contribution in [0.25, 0.3) is 10.8 Å². The molecule has 3 aliphatic heterocycles. The van der Waals surface area contributed by atoms with E-state index in [9.17, 15) is 4.79 Å². The van der Waals surface area contributed by atoms with Gasteiger partial charge in [-0.15, -0.1) is 0 Å².